The van der Waals surface area contributed by atoms with Gasteiger partial charge in [-0.2, -0.15) is 0 Å². The van der Waals surface area contributed by atoms with Crippen molar-refractivity contribution in [1.29, 1.82) is 0 Å². The third-order valence-corrected chi connectivity index (χ3v) is 5.79. The molecule has 0 saturated heterocycles. The molecule has 120 valence electrons. The van der Waals surface area contributed by atoms with Crippen LogP contribution in [0.25, 0.3) is 0 Å². The highest BCUT2D eigenvalue weighted by Crippen LogP contribution is 2.56. The number of carbonyl (C=O) groups is 2. The molecule has 0 aliphatic heterocycles. The van der Waals surface area contributed by atoms with E-state index in [0.717, 1.165) is 11.3 Å². The van der Waals surface area contributed by atoms with E-state index in [0.29, 0.717) is 12.8 Å². The highest BCUT2D eigenvalue weighted by Gasteiger charge is 2.58. The summed E-state index contributed by atoms with van der Waals surface area (Å²) in [6.45, 7) is 9.56. The van der Waals surface area contributed by atoms with Gasteiger partial charge in [0.1, 0.15) is 0 Å². The van der Waals surface area contributed by atoms with Crippen LogP contribution in [0.15, 0.2) is 18.2 Å². The van der Waals surface area contributed by atoms with Gasteiger partial charge in [-0.15, -0.1) is 0 Å². The SMILES string of the molecule is Cc1ccc(NC(=O)[C@@H]2CC[C@@](C)(C(=O)O)C2(C)C)cc1C. The summed E-state index contributed by atoms with van der Waals surface area (Å²) in [5, 5.41) is 12.5. The molecule has 2 rings (SSSR count). The molecule has 2 N–H and O–H groups in total. The van der Waals surface area contributed by atoms with Crippen molar-refractivity contribution in [2.75, 3.05) is 5.32 Å². The number of rotatable bonds is 3. The number of carboxylic acids is 1. The number of anilines is 1. The van der Waals surface area contributed by atoms with Crippen LogP contribution in [0.4, 0.5) is 5.69 Å². The van der Waals surface area contributed by atoms with Crippen molar-refractivity contribution in [3.05, 3.63) is 29.3 Å². The molecule has 0 aromatic heterocycles. The summed E-state index contributed by atoms with van der Waals surface area (Å²) < 4.78 is 0. The second kappa shape index (κ2) is 5.41. The minimum atomic E-state index is -0.863. The van der Waals surface area contributed by atoms with Crippen LogP contribution in [0.2, 0.25) is 0 Å². The predicted molar refractivity (Wildman–Crippen MR) is 86.8 cm³/mol. The number of hydrogen-bond acceptors (Lipinski definition) is 2. The number of nitrogens with one attached hydrogen (secondary N) is 1. The maximum Gasteiger partial charge on any atom is 0.309 e. The molecule has 22 heavy (non-hydrogen) atoms. The Labute approximate surface area is 131 Å². The van der Waals surface area contributed by atoms with Gasteiger partial charge in [0.05, 0.1) is 5.41 Å². The van der Waals surface area contributed by atoms with Crippen molar-refractivity contribution in [1.82, 2.24) is 0 Å². The van der Waals surface area contributed by atoms with Crippen molar-refractivity contribution in [3.63, 3.8) is 0 Å². The van der Waals surface area contributed by atoms with Crippen LogP contribution < -0.4 is 5.32 Å². The summed E-state index contributed by atoms with van der Waals surface area (Å²) in [7, 11) is 0. The molecule has 1 aliphatic carbocycles. The lowest BCUT2D eigenvalue weighted by atomic mass is 9.65. The number of amides is 1. The molecule has 0 unspecified atom stereocenters. The van der Waals surface area contributed by atoms with E-state index in [1.54, 1.807) is 6.92 Å². The molecular formula is C18H25NO3. The Morgan fingerprint density at radius 2 is 1.82 bits per heavy atom. The molecule has 0 spiro atoms. The third kappa shape index (κ3) is 2.51. The molecule has 4 heteroatoms. The normalized spacial score (nSPS) is 26.7. The first kappa shape index (κ1) is 16.5. The van der Waals surface area contributed by atoms with Gasteiger partial charge in [-0.05, 0) is 62.3 Å². The van der Waals surface area contributed by atoms with Crippen molar-refractivity contribution in [3.8, 4) is 0 Å². The first-order valence-corrected chi connectivity index (χ1v) is 7.71. The Morgan fingerprint density at radius 1 is 1.18 bits per heavy atom. The minimum Gasteiger partial charge on any atom is -0.481 e. The fraction of sp³-hybridized carbons (Fsp3) is 0.556. The average molecular weight is 303 g/mol. The molecule has 1 aromatic carbocycles. The van der Waals surface area contributed by atoms with Crippen LogP contribution in [0.1, 0.15) is 44.7 Å². The number of aryl methyl sites for hydroxylation is 2. The number of hydrogen-bond donors (Lipinski definition) is 2. The van der Waals surface area contributed by atoms with Crippen LogP contribution >= 0.6 is 0 Å². The van der Waals surface area contributed by atoms with Gasteiger partial charge in [0.2, 0.25) is 5.91 Å². The molecule has 0 radical (unpaired) electrons. The van der Waals surface area contributed by atoms with E-state index in [4.69, 9.17) is 0 Å². The van der Waals surface area contributed by atoms with Crippen molar-refractivity contribution in [2.45, 2.75) is 47.5 Å². The summed E-state index contributed by atoms with van der Waals surface area (Å²) in [6, 6.07) is 5.82. The smallest absolute Gasteiger partial charge is 0.309 e. The van der Waals surface area contributed by atoms with Gasteiger partial charge >= 0.3 is 5.97 Å². The van der Waals surface area contributed by atoms with E-state index in [9.17, 15) is 14.7 Å². The first-order valence-electron chi connectivity index (χ1n) is 7.71. The number of carbonyl (C=O) groups excluding carboxylic acids is 1. The van der Waals surface area contributed by atoms with Gasteiger partial charge in [0.25, 0.3) is 0 Å². The molecule has 4 nitrogen and oxygen atoms in total. The van der Waals surface area contributed by atoms with Gasteiger partial charge in [-0.3, -0.25) is 9.59 Å². The zero-order valence-electron chi connectivity index (χ0n) is 14.0. The van der Waals surface area contributed by atoms with Gasteiger partial charge in [0, 0.05) is 11.6 Å². The standard InChI is InChI=1S/C18H25NO3/c1-11-6-7-13(10-12(11)2)19-15(20)14-8-9-18(5,16(21)22)17(14,3)4/h6-7,10,14H,8-9H2,1-5H3,(H,19,20)(H,21,22)/t14-,18-/m0/s1. The Bertz CT molecular complexity index is 621. The van der Waals surface area contributed by atoms with Crippen LogP contribution in [0.3, 0.4) is 0 Å². The van der Waals surface area contributed by atoms with Crippen LogP contribution in [-0.2, 0) is 9.59 Å². The summed E-state index contributed by atoms with van der Waals surface area (Å²) in [6.07, 6.45) is 1.13. The zero-order chi connectivity index (χ0) is 16.7. The molecule has 1 aliphatic rings. The van der Waals surface area contributed by atoms with E-state index in [2.05, 4.69) is 5.32 Å². The maximum absolute atomic E-state index is 12.6. The molecular weight excluding hydrogens is 278 g/mol. The lowest BCUT2D eigenvalue weighted by Crippen LogP contribution is -2.43. The van der Waals surface area contributed by atoms with Crippen LogP contribution in [-0.4, -0.2) is 17.0 Å². The van der Waals surface area contributed by atoms with Crippen LogP contribution in [0.5, 0.6) is 0 Å². The number of carboxylic acid groups (broad SMARTS) is 1. The Hall–Kier alpha value is -1.84. The molecule has 1 saturated carbocycles. The fourth-order valence-electron chi connectivity index (χ4n) is 3.39. The minimum absolute atomic E-state index is 0.0850. The predicted octanol–water partition coefficient (Wildman–Crippen LogP) is 3.77. The fourth-order valence-corrected chi connectivity index (χ4v) is 3.39. The lowest BCUT2D eigenvalue weighted by molar-refractivity contribution is -0.154. The van der Waals surface area contributed by atoms with Gasteiger partial charge in [-0.25, -0.2) is 0 Å². The number of benzene rings is 1. The monoisotopic (exact) mass is 303 g/mol. The second-order valence-electron chi connectivity index (χ2n) is 7.24. The Balaban J connectivity index is 2.20. The highest BCUT2D eigenvalue weighted by atomic mass is 16.4. The quantitative estimate of drug-likeness (QED) is 0.893. The number of aliphatic carboxylic acids is 1. The second-order valence-corrected chi connectivity index (χ2v) is 7.24. The zero-order valence-corrected chi connectivity index (χ0v) is 14.0. The molecule has 0 bridgehead atoms. The molecule has 2 atom stereocenters. The van der Waals surface area contributed by atoms with E-state index in [1.165, 1.54) is 5.56 Å². The van der Waals surface area contributed by atoms with Crippen molar-refractivity contribution < 1.29 is 14.7 Å². The van der Waals surface area contributed by atoms with Gasteiger partial charge in [-0.1, -0.05) is 19.9 Å². The van der Waals surface area contributed by atoms with E-state index in [1.807, 2.05) is 45.9 Å². The Kier molecular flexibility index (Phi) is 4.07. The summed E-state index contributed by atoms with van der Waals surface area (Å²) in [5.41, 5.74) is 1.63. The summed E-state index contributed by atoms with van der Waals surface area (Å²) >= 11 is 0. The topological polar surface area (TPSA) is 66.4 Å². The van der Waals surface area contributed by atoms with Crippen molar-refractivity contribution >= 4 is 17.6 Å². The third-order valence-electron chi connectivity index (χ3n) is 5.79. The van der Waals surface area contributed by atoms with E-state index in [-0.39, 0.29) is 11.8 Å². The average Bonchev–Trinajstić information content (AvgIpc) is 2.66. The largest absolute Gasteiger partial charge is 0.481 e. The Morgan fingerprint density at radius 3 is 2.32 bits per heavy atom. The van der Waals surface area contributed by atoms with Gasteiger partial charge < -0.3 is 10.4 Å². The molecule has 1 amide bonds. The highest BCUT2D eigenvalue weighted by molar-refractivity contribution is 5.94. The maximum atomic E-state index is 12.6. The summed E-state index contributed by atoms with van der Waals surface area (Å²) in [5.74, 6) is -1.20. The van der Waals surface area contributed by atoms with Gasteiger partial charge in [0.15, 0.2) is 0 Å². The van der Waals surface area contributed by atoms with Crippen molar-refractivity contribution in [2.24, 2.45) is 16.7 Å². The summed E-state index contributed by atoms with van der Waals surface area (Å²) in [4.78, 5) is 24.2. The first-order chi connectivity index (χ1) is 10.1. The molecule has 0 heterocycles. The van der Waals surface area contributed by atoms with E-state index < -0.39 is 16.8 Å². The molecule has 1 fully saturated rings. The van der Waals surface area contributed by atoms with E-state index >= 15 is 0 Å². The molecule has 1 aromatic rings. The lowest BCUT2D eigenvalue weighted by Gasteiger charge is -2.37. The van der Waals surface area contributed by atoms with Crippen LogP contribution in [0, 0.1) is 30.6 Å².